The van der Waals surface area contributed by atoms with Crippen LogP contribution in [-0.4, -0.2) is 31.2 Å². The Kier molecular flexibility index (Phi) is 5.43. The third kappa shape index (κ3) is 4.56. The van der Waals surface area contributed by atoms with E-state index in [0.717, 1.165) is 11.3 Å². The van der Waals surface area contributed by atoms with Crippen molar-refractivity contribution in [2.24, 2.45) is 5.10 Å². The standard InChI is InChI=1S/C17H18N4O/c1-21(2)16-7-5-14(6-8-16)4-3-11-19-20-17(22)15-9-12-18-13-10-15/h3-13H,1-2H3,(H,20,22). The molecule has 0 fully saturated rings. The van der Waals surface area contributed by atoms with Crippen LogP contribution in [0.5, 0.6) is 0 Å². The maximum Gasteiger partial charge on any atom is 0.271 e. The van der Waals surface area contributed by atoms with Gasteiger partial charge < -0.3 is 4.90 Å². The van der Waals surface area contributed by atoms with Crippen molar-refractivity contribution in [3.63, 3.8) is 0 Å². The van der Waals surface area contributed by atoms with E-state index in [0.29, 0.717) is 5.56 Å². The second-order valence-corrected chi connectivity index (χ2v) is 4.80. The molecule has 1 heterocycles. The van der Waals surface area contributed by atoms with Gasteiger partial charge in [0, 0.05) is 44.0 Å². The number of hydrazone groups is 1. The normalized spacial score (nSPS) is 11.0. The van der Waals surface area contributed by atoms with Gasteiger partial charge in [0.2, 0.25) is 0 Å². The van der Waals surface area contributed by atoms with Crippen molar-refractivity contribution in [2.75, 3.05) is 19.0 Å². The maximum absolute atomic E-state index is 11.7. The van der Waals surface area contributed by atoms with Crippen molar-refractivity contribution in [3.8, 4) is 0 Å². The highest BCUT2D eigenvalue weighted by atomic mass is 16.2. The third-order valence-corrected chi connectivity index (χ3v) is 2.97. The van der Waals surface area contributed by atoms with Crippen molar-refractivity contribution >= 4 is 23.9 Å². The first-order chi connectivity index (χ1) is 10.7. The first-order valence-corrected chi connectivity index (χ1v) is 6.84. The number of allylic oxidation sites excluding steroid dienone is 1. The van der Waals surface area contributed by atoms with Gasteiger partial charge in [-0.05, 0) is 35.9 Å². The summed E-state index contributed by atoms with van der Waals surface area (Å²) in [6, 6.07) is 11.4. The number of hydrogen-bond acceptors (Lipinski definition) is 4. The molecule has 0 atom stereocenters. The molecule has 0 aliphatic rings. The number of nitrogens with one attached hydrogen (secondary N) is 1. The molecule has 0 saturated heterocycles. The molecule has 5 nitrogen and oxygen atoms in total. The molecule has 0 spiro atoms. The maximum atomic E-state index is 11.7. The van der Waals surface area contributed by atoms with E-state index in [1.807, 2.05) is 49.3 Å². The smallest absolute Gasteiger partial charge is 0.271 e. The fraction of sp³-hybridized carbons (Fsp3) is 0.118. The Morgan fingerprint density at radius 1 is 1.14 bits per heavy atom. The predicted molar refractivity (Wildman–Crippen MR) is 90.0 cm³/mol. The molecule has 2 aromatic rings. The molecular formula is C17H18N4O. The van der Waals surface area contributed by atoms with Crippen LogP contribution >= 0.6 is 0 Å². The van der Waals surface area contributed by atoms with Crippen molar-refractivity contribution in [1.29, 1.82) is 0 Å². The first kappa shape index (κ1) is 15.4. The second-order valence-electron chi connectivity index (χ2n) is 4.80. The zero-order valence-electron chi connectivity index (χ0n) is 12.6. The van der Waals surface area contributed by atoms with Gasteiger partial charge in [0.1, 0.15) is 0 Å². The van der Waals surface area contributed by atoms with Gasteiger partial charge in [0.15, 0.2) is 0 Å². The summed E-state index contributed by atoms with van der Waals surface area (Å²) in [5, 5.41) is 3.87. The molecule has 1 aromatic carbocycles. The number of carbonyl (C=O) groups is 1. The van der Waals surface area contributed by atoms with E-state index in [2.05, 4.69) is 15.5 Å². The fourth-order valence-electron chi connectivity index (χ4n) is 1.74. The summed E-state index contributed by atoms with van der Waals surface area (Å²) < 4.78 is 0. The molecule has 1 N–H and O–H groups in total. The highest BCUT2D eigenvalue weighted by Gasteiger charge is 2.01. The Morgan fingerprint density at radius 3 is 2.45 bits per heavy atom. The Balaban J connectivity index is 1.85. The first-order valence-electron chi connectivity index (χ1n) is 6.84. The van der Waals surface area contributed by atoms with Gasteiger partial charge in [-0.2, -0.15) is 5.10 Å². The van der Waals surface area contributed by atoms with Crippen molar-refractivity contribution in [2.45, 2.75) is 0 Å². The Hall–Kier alpha value is -2.95. The number of hydrogen-bond donors (Lipinski definition) is 1. The quantitative estimate of drug-likeness (QED) is 0.681. The Morgan fingerprint density at radius 2 is 1.82 bits per heavy atom. The lowest BCUT2D eigenvalue weighted by atomic mass is 10.2. The van der Waals surface area contributed by atoms with Gasteiger partial charge in [-0.15, -0.1) is 0 Å². The summed E-state index contributed by atoms with van der Waals surface area (Å²) in [4.78, 5) is 17.6. The highest BCUT2D eigenvalue weighted by molar-refractivity contribution is 5.94. The Labute approximate surface area is 130 Å². The zero-order chi connectivity index (χ0) is 15.8. The molecule has 0 bridgehead atoms. The van der Waals surface area contributed by atoms with Crippen LogP contribution in [-0.2, 0) is 0 Å². The van der Waals surface area contributed by atoms with Gasteiger partial charge in [-0.25, -0.2) is 5.43 Å². The number of carbonyl (C=O) groups excluding carboxylic acids is 1. The second kappa shape index (κ2) is 7.73. The molecule has 0 aliphatic carbocycles. The van der Waals surface area contributed by atoms with E-state index in [9.17, 15) is 4.79 Å². The minimum atomic E-state index is -0.262. The van der Waals surface area contributed by atoms with Crippen LogP contribution in [0.25, 0.3) is 6.08 Å². The highest BCUT2D eigenvalue weighted by Crippen LogP contribution is 2.12. The number of aromatic nitrogens is 1. The minimum Gasteiger partial charge on any atom is -0.378 e. The third-order valence-electron chi connectivity index (χ3n) is 2.97. The topological polar surface area (TPSA) is 57.6 Å². The molecule has 0 unspecified atom stereocenters. The van der Waals surface area contributed by atoms with E-state index in [1.54, 1.807) is 36.8 Å². The number of benzene rings is 1. The van der Waals surface area contributed by atoms with Crippen LogP contribution < -0.4 is 10.3 Å². The SMILES string of the molecule is CN(C)c1ccc(C=CC=NNC(=O)c2ccncc2)cc1. The zero-order valence-corrected chi connectivity index (χ0v) is 12.6. The van der Waals surface area contributed by atoms with Gasteiger partial charge in [-0.3, -0.25) is 9.78 Å². The van der Waals surface area contributed by atoms with Crippen molar-refractivity contribution < 1.29 is 4.79 Å². The number of anilines is 1. The lowest BCUT2D eigenvalue weighted by Gasteiger charge is -2.11. The van der Waals surface area contributed by atoms with E-state index in [1.165, 1.54) is 0 Å². The molecule has 22 heavy (non-hydrogen) atoms. The van der Waals surface area contributed by atoms with Crippen LogP contribution in [0.1, 0.15) is 15.9 Å². The molecule has 0 aliphatic heterocycles. The summed E-state index contributed by atoms with van der Waals surface area (Å²) in [6.07, 6.45) is 8.36. The lowest BCUT2D eigenvalue weighted by molar-refractivity contribution is 0.0955. The number of pyridine rings is 1. The summed E-state index contributed by atoms with van der Waals surface area (Å²) in [6.45, 7) is 0. The number of nitrogens with zero attached hydrogens (tertiary/aromatic N) is 3. The van der Waals surface area contributed by atoms with Crippen LogP contribution in [0, 0.1) is 0 Å². The molecule has 0 radical (unpaired) electrons. The van der Waals surface area contributed by atoms with Gasteiger partial charge in [-0.1, -0.05) is 18.2 Å². The van der Waals surface area contributed by atoms with Crippen LogP contribution in [0.4, 0.5) is 5.69 Å². The van der Waals surface area contributed by atoms with E-state index >= 15 is 0 Å². The summed E-state index contributed by atoms with van der Waals surface area (Å²) in [7, 11) is 4.01. The van der Waals surface area contributed by atoms with Crippen LogP contribution in [0.15, 0.2) is 60.0 Å². The molecule has 5 heteroatoms. The van der Waals surface area contributed by atoms with E-state index in [4.69, 9.17) is 0 Å². The summed E-state index contributed by atoms with van der Waals surface area (Å²) in [5.74, 6) is -0.262. The molecule has 2 rings (SSSR count). The average Bonchev–Trinajstić information content (AvgIpc) is 2.55. The average molecular weight is 294 g/mol. The van der Waals surface area contributed by atoms with Gasteiger partial charge in [0.05, 0.1) is 0 Å². The summed E-state index contributed by atoms with van der Waals surface area (Å²) in [5.41, 5.74) is 5.19. The largest absolute Gasteiger partial charge is 0.378 e. The lowest BCUT2D eigenvalue weighted by Crippen LogP contribution is -2.17. The monoisotopic (exact) mass is 294 g/mol. The molecule has 1 aromatic heterocycles. The Bertz CT molecular complexity index is 661. The number of amides is 1. The number of rotatable bonds is 5. The molecule has 0 saturated carbocycles. The molecular weight excluding hydrogens is 276 g/mol. The summed E-state index contributed by atoms with van der Waals surface area (Å²) >= 11 is 0. The molecule has 1 amide bonds. The van der Waals surface area contributed by atoms with Crippen molar-refractivity contribution in [3.05, 3.63) is 66.0 Å². The minimum absolute atomic E-state index is 0.262. The van der Waals surface area contributed by atoms with Gasteiger partial charge in [0.25, 0.3) is 5.91 Å². The van der Waals surface area contributed by atoms with Crippen LogP contribution in [0.2, 0.25) is 0 Å². The molecule has 112 valence electrons. The van der Waals surface area contributed by atoms with Crippen LogP contribution in [0.3, 0.4) is 0 Å². The fourth-order valence-corrected chi connectivity index (χ4v) is 1.74. The van der Waals surface area contributed by atoms with Gasteiger partial charge >= 0.3 is 0 Å². The van der Waals surface area contributed by atoms with E-state index in [-0.39, 0.29) is 5.91 Å². The van der Waals surface area contributed by atoms with Crippen molar-refractivity contribution in [1.82, 2.24) is 10.4 Å². The van der Waals surface area contributed by atoms with E-state index < -0.39 is 0 Å². The predicted octanol–water partition coefficient (Wildman–Crippen LogP) is 2.58.